The number of amides is 1. The topological polar surface area (TPSA) is 79.9 Å². The van der Waals surface area contributed by atoms with Crippen LogP contribution in [0.25, 0.3) is 0 Å². The van der Waals surface area contributed by atoms with Gasteiger partial charge in [-0.1, -0.05) is 11.6 Å². The molecular weight excluding hydrogens is 292 g/mol. The molecule has 6 nitrogen and oxygen atoms in total. The third-order valence-electron chi connectivity index (χ3n) is 2.94. The van der Waals surface area contributed by atoms with Crippen LogP contribution in [0.1, 0.15) is 18.3 Å². The predicted octanol–water partition coefficient (Wildman–Crippen LogP) is 1.89. The Labute approximate surface area is 127 Å². The Bertz CT molecular complexity index is 601. The van der Waals surface area contributed by atoms with Gasteiger partial charge in [0.25, 0.3) is 5.91 Å². The fourth-order valence-electron chi connectivity index (χ4n) is 1.79. The molecule has 112 valence electrons. The van der Waals surface area contributed by atoms with E-state index in [1.165, 1.54) is 6.33 Å². The molecule has 1 heterocycles. The number of H-pyrrole nitrogens is 1. The molecule has 1 amide bonds. The monoisotopic (exact) mass is 308 g/mol. The first-order valence-electron chi connectivity index (χ1n) is 6.61. The van der Waals surface area contributed by atoms with Crippen LogP contribution in [0, 0.1) is 6.92 Å². The summed E-state index contributed by atoms with van der Waals surface area (Å²) >= 11 is 5.88. The number of aryl methyl sites for hydroxylation is 1. The van der Waals surface area contributed by atoms with Gasteiger partial charge in [0.1, 0.15) is 17.9 Å². The van der Waals surface area contributed by atoms with Crippen molar-refractivity contribution in [3.63, 3.8) is 0 Å². The number of carbonyl (C=O) groups excluding carboxylic acids is 1. The highest BCUT2D eigenvalue weighted by molar-refractivity contribution is 6.30. The van der Waals surface area contributed by atoms with Crippen molar-refractivity contribution < 1.29 is 9.53 Å². The molecule has 0 fully saturated rings. The summed E-state index contributed by atoms with van der Waals surface area (Å²) in [6.07, 6.45) is 1.45. The molecule has 0 aliphatic rings. The number of nitrogens with one attached hydrogen (secondary N) is 2. The number of aromatic nitrogens is 3. The van der Waals surface area contributed by atoms with E-state index < -0.39 is 6.10 Å². The lowest BCUT2D eigenvalue weighted by atomic mass is 10.2. The summed E-state index contributed by atoms with van der Waals surface area (Å²) in [4.78, 5) is 15.9. The lowest BCUT2D eigenvalue weighted by Gasteiger charge is -2.16. The van der Waals surface area contributed by atoms with Crippen molar-refractivity contribution in [2.24, 2.45) is 0 Å². The van der Waals surface area contributed by atoms with Crippen LogP contribution in [0.15, 0.2) is 24.5 Å². The summed E-state index contributed by atoms with van der Waals surface area (Å²) in [5, 5.41) is 9.92. The summed E-state index contributed by atoms with van der Waals surface area (Å²) in [6.45, 7) is 4.06. The molecule has 1 unspecified atom stereocenters. The Morgan fingerprint density at radius 1 is 1.52 bits per heavy atom. The highest BCUT2D eigenvalue weighted by atomic mass is 35.5. The smallest absolute Gasteiger partial charge is 0.260 e. The minimum atomic E-state index is -0.584. The SMILES string of the molecule is Cc1cc(Cl)ccc1OC(C)C(=O)NCCc1ncn[nH]1. The zero-order valence-corrected chi connectivity index (χ0v) is 12.6. The van der Waals surface area contributed by atoms with Crippen molar-refractivity contribution in [2.75, 3.05) is 6.54 Å². The van der Waals surface area contributed by atoms with Crippen LogP contribution >= 0.6 is 11.6 Å². The molecule has 2 N–H and O–H groups in total. The molecule has 21 heavy (non-hydrogen) atoms. The molecule has 1 atom stereocenters. The second kappa shape index (κ2) is 7.08. The Hall–Kier alpha value is -2.08. The van der Waals surface area contributed by atoms with E-state index in [1.807, 2.05) is 6.92 Å². The molecule has 0 spiro atoms. The molecule has 0 saturated heterocycles. The third-order valence-corrected chi connectivity index (χ3v) is 3.17. The largest absolute Gasteiger partial charge is 0.481 e. The third kappa shape index (κ3) is 4.46. The van der Waals surface area contributed by atoms with Crippen LogP contribution in [0.3, 0.4) is 0 Å². The van der Waals surface area contributed by atoms with Gasteiger partial charge in [-0.15, -0.1) is 0 Å². The Balaban J connectivity index is 1.81. The van der Waals surface area contributed by atoms with Crippen molar-refractivity contribution in [2.45, 2.75) is 26.4 Å². The molecule has 1 aromatic heterocycles. The summed E-state index contributed by atoms with van der Waals surface area (Å²) in [5.41, 5.74) is 0.892. The van der Waals surface area contributed by atoms with Gasteiger partial charge in [0, 0.05) is 18.0 Å². The fourth-order valence-corrected chi connectivity index (χ4v) is 2.01. The van der Waals surface area contributed by atoms with E-state index in [4.69, 9.17) is 16.3 Å². The number of hydrogen-bond donors (Lipinski definition) is 2. The van der Waals surface area contributed by atoms with Gasteiger partial charge in [-0.2, -0.15) is 5.10 Å². The van der Waals surface area contributed by atoms with Crippen molar-refractivity contribution >= 4 is 17.5 Å². The maximum atomic E-state index is 11.9. The number of carbonyl (C=O) groups is 1. The van der Waals surface area contributed by atoms with Crippen LogP contribution in [-0.2, 0) is 11.2 Å². The van der Waals surface area contributed by atoms with Gasteiger partial charge >= 0.3 is 0 Å². The quantitative estimate of drug-likeness (QED) is 0.854. The van der Waals surface area contributed by atoms with Crippen molar-refractivity contribution in [1.29, 1.82) is 0 Å². The van der Waals surface area contributed by atoms with E-state index in [2.05, 4.69) is 20.5 Å². The van der Waals surface area contributed by atoms with Gasteiger partial charge < -0.3 is 10.1 Å². The number of rotatable bonds is 6. The second-order valence-corrected chi connectivity index (χ2v) is 5.08. The average molecular weight is 309 g/mol. The maximum Gasteiger partial charge on any atom is 0.260 e. The predicted molar refractivity (Wildman–Crippen MR) is 79.4 cm³/mol. The Morgan fingerprint density at radius 3 is 3.00 bits per heavy atom. The lowest BCUT2D eigenvalue weighted by molar-refractivity contribution is -0.127. The first-order valence-corrected chi connectivity index (χ1v) is 6.99. The van der Waals surface area contributed by atoms with E-state index in [0.29, 0.717) is 23.7 Å². The standard InChI is InChI=1S/C14H17ClN4O2/c1-9-7-11(15)3-4-12(9)21-10(2)14(20)16-6-5-13-17-8-18-19-13/h3-4,7-8,10H,5-6H2,1-2H3,(H,16,20)(H,17,18,19). The molecule has 0 saturated carbocycles. The number of aromatic amines is 1. The van der Waals surface area contributed by atoms with Gasteiger partial charge in [0.15, 0.2) is 6.10 Å². The van der Waals surface area contributed by atoms with Crippen LogP contribution in [-0.4, -0.2) is 33.7 Å². The van der Waals surface area contributed by atoms with E-state index in [1.54, 1.807) is 25.1 Å². The minimum Gasteiger partial charge on any atom is -0.481 e. The van der Waals surface area contributed by atoms with Crippen molar-refractivity contribution in [3.05, 3.63) is 40.9 Å². The Morgan fingerprint density at radius 2 is 2.33 bits per heavy atom. The highest BCUT2D eigenvalue weighted by Crippen LogP contribution is 2.22. The van der Waals surface area contributed by atoms with Crippen LogP contribution in [0.5, 0.6) is 5.75 Å². The molecular formula is C14H17ClN4O2. The van der Waals surface area contributed by atoms with Crippen molar-refractivity contribution in [3.8, 4) is 5.75 Å². The molecule has 2 aromatic rings. The Kier molecular flexibility index (Phi) is 5.16. The summed E-state index contributed by atoms with van der Waals surface area (Å²) < 4.78 is 5.64. The number of benzene rings is 1. The second-order valence-electron chi connectivity index (χ2n) is 4.64. The molecule has 0 aliphatic heterocycles. The number of nitrogens with zero attached hydrogens (tertiary/aromatic N) is 2. The van der Waals surface area contributed by atoms with Crippen LogP contribution in [0.2, 0.25) is 5.02 Å². The summed E-state index contributed by atoms with van der Waals surface area (Å²) in [5.74, 6) is 1.21. The van der Waals surface area contributed by atoms with Gasteiger partial charge in [-0.25, -0.2) is 4.98 Å². The van der Waals surface area contributed by atoms with E-state index >= 15 is 0 Å². The minimum absolute atomic E-state index is 0.177. The number of halogens is 1. The lowest BCUT2D eigenvalue weighted by Crippen LogP contribution is -2.37. The van der Waals surface area contributed by atoms with Gasteiger partial charge in [0.05, 0.1) is 0 Å². The van der Waals surface area contributed by atoms with Crippen LogP contribution < -0.4 is 10.1 Å². The first kappa shape index (κ1) is 15.3. The summed E-state index contributed by atoms with van der Waals surface area (Å²) in [6, 6.07) is 5.29. The molecule has 1 aromatic carbocycles. The molecule has 7 heteroatoms. The molecule has 0 radical (unpaired) electrons. The zero-order chi connectivity index (χ0) is 15.2. The van der Waals surface area contributed by atoms with Gasteiger partial charge in [-0.3, -0.25) is 9.89 Å². The molecule has 0 aliphatic carbocycles. The van der Waals surface area contributed by atoms with E-state index in [9.17, 15) is 4.79 Å². The zero-order valence-electron chi connectivity index (χ0n) is 11.9. The van der Waals surface area contributed by atoms with Crippen LogP contribution in [0.4, 0.5) is 0 Å². The van der Waals surface area contributed by atoms with E-state index in [-0.39, 0.29) is 5.91 Å². The highest BCUT2D eigenvalue weighted by Gasteiger charge is 2.15. The maximum absolute atomic E-state index is 11.9. The first-order chi connectivity index (χ1) is 10.1. The number of ether oxygens (including phenoxy) is 1. The normalized spacial score (nSPS) is 12.0. The van der Waals surface area contributed by atoms with E-state index in [0.717, 1.165) is 11.4 Å². The molecule has 0 bridgehead atoms. The number of hydrogen-bond acceptors (Lipinski definition) is 4. The van der Waals surface area contributed by atoms with Gasteiger partial charge in [0.2, 0.25) is 0 Å². The summed E-state index contributed by atoms with van der Waals surface area (Å²) in [7, 11) is 0. The molecule has 2 rings (SSSR count). The van der Waals surface area contributed by atoms with Crippen molar-refractivity contribution in [1.82, 2.24) is 20.5 Å². The van der Waals surface area contributed by atoms with Gasteiger partial charge in [-0.05, 0) is 37.6 Å². The average Bonchev–Trinajstić information content (AvgIpc) is 2.95. The fraction of sp³-hybridized carbons (Fsp3) is 0.357.